The quantitative estimate of drug-likeness (QED) is 0.811. The van der Waals surface area contributed by atoms with Crippen molar-refractivity contribution in [3.63, 3.8) is 0 Å². The van der Waals surface area contributed by atoms with Crippen molar-refractivity contribution in [1.29, 1.82) is 0 Å². The van der Waals surface area contributed by atoms with E-state index in [1.165, 1.54) is 19.3 Å². The van der Waals surface area contributed by atoms with E-state index >= 15 is 0 Å². The van der Waals surface area contributed by atoms with Crippen molar-refractivity contribution in [2.45, 2.75) is 51.1 Å². The largest absolute Gasteiger partial charge is 0.371 e. The van der Waals surface area contributed by atoms with Gasteiger partial charge in [-0.3, -0.25) is 9.69 Å². The lowest BCUT2D eigenvalue weighted by Gasteiger charge is -2.43. The molecule has 0 radical (unpaired) electrons. The van der Waals surface area contributed by atoms with Gasteiger partial charge >= 0.3 is 6.03 Å². The fourth-order valence-corrected chi connectivity index (χ4v) is 4.50. The number of nitrogens with one attached hydrogen (secondary N) is 1. The van der Waals surface area contributed by atoms with Gasteiger partial charge in [-0.25, -0.2) is 4.79 Å². The van der Waals surface area contributed by atoms with E-state index in [9.17, 15) is 9.59 Å². The maximum absolute atomic E-state index is 12.6. The van der Waals surface area contributed by atoms with Crippen LogP contribution in [-0.2, 0) is 0 Å². The van der Waals surface area contributed by atoms with E-state index in [0.29, 0.717) is 0 Å². The van der Waals surface area contributed by atoms with Crippen LogP contribution in [0.15, 0.2) is 24.3 Å². The standard InChI is InChI=1S/C22H32N4O2/c1-17(27)18-5-7-21(8-6-18)24-11-9-19(10-12-24)23-22(28)26-15-13-25(14-16-26)20-3-2-4-20/h5-8,19-20H,2-4,9-16H2,1H3,(H,23,28). The number of urea groups is 1. The van der Waals surface area contributed by atoms with E-state index in [-0.39, 0.29) is 17.9 Å². The summed E-state index contributed by atoms with van der Waals surface area (Å²) >= 11 is 0. The predicted molar refractivity (Wildman–Crippen MR) is 111 cm³/mol. The maximum atomic E-state index is 12.6. The Balaban J connectivity index is 1.21. The number of piperazine rings is 1. The van der Waals surface area contributed by atoms with Crippen LogP contribution in [0.25, 0.3) is 0 Å². The third-order valence-corrected chi connectivity index (χ3v) is 6.65. The molecule has 1 N–H and O–H groups in total. The summed E-state index contributed by atoms with van der Waals surface area (Å²) < 4.78 is 0. The topological polar surface area (TPSA) is 55.9 Å². The zero-order valence-corrected chi connectivity index (χ0v) is 16.9. The molecular weight excluding hydrogens is 352 g/mol. The molecule has 2 heterocycles. The molecule has 28 heavy (non-hydrogen) atoms. The number of carbonyl (C=O) groups excluding carboxylic acids is 2. The minimum atomic E-state index is 0.0986. The molecule has 1 saturated carbocycles. The Morgan fingerprint density at radius 3 is 2.07 bits per heavy atom. The van der Waals surface area contributed by atoms with Gasteiger partial charge in [-0.1, -0.05) is 6.42 Å². The highest BCUT2D eigenvalue weighted by molar-refractivity contribution is 5.94. The smallest absolute Gasteiger partial charge is 0.317 e. The van der Waals surface area contributed by atoms with Crippen LogP contribution in [0.5, 0.6) is 0 Å². The third-order valence-electron chi connectivity index (χ3n) is 6.65. The van der Waals surface area contributed by atoms with Crippen molar-refractivity contribution in [3.05, 3.63) is 29.8 Å². The minimum absolute atomic E-state index is 0.0986. The summed E-state index contributed by atoms with van der Waals surface area (Å²) in [6.07, 6.45) is 5.96. The monoisotopic (exact) mass is 384 g/mol. The Bertz CT molecular complexity index is 685. The number of hydrogen-bond acceptors (Lipinski definition) is 4. The molecule has 0 aromatic heterocycles. The van der Waals surface area contributed by atoms with Gasteiger partial charge < -0.3 is 15.1 Å². The van der Waals surface area contributed by atoms with Crippen molar-refractivity contribution in [2.24, 2.45) is 0 Å². The lowest BCUT2D eigenvalue weighted by molar-refractivity contribution is 0.0721. The predicted octanol–water partition coefficient (Wildman–Crippen LogP) is 2.74. The molecule has 1 aliphatic carbocycles. The van der Waals surface area contributed by atoms with E-state index in [4.69, 9.17) is 0 Å². The van der Waals surface area contributed by atoms with Crippen LogP contribution in [0.4, 0.5) is 10.5 Å². The van der Waals surface area contributed by atoms with E-state index < -0.39 is 0 Å². The van der Waals surface area contributed by atoms with Gasteiger partial charge in [0.2, 0.25) is 0 Å². The van der Waals surface area contributed by atoms with Gasteiger partial charge in [0.1, 0.15) is 0 Å². The summed E-state index contributed by atoms with van der Waals surface area (Å²) in [6.45, 7) is 7.20. The van der Waals surface area contributed by atoms with Gasteiger partial charge in [-0.05, 0) is 56.9 Å². The molecular formula is C22H32N4O2. The number of ketones is 1. The first-order valence-electron chi connectivity index (χ1n) is 10.8. The number of amides is 2. The molecule has 4 rings (SSSR count). The van der Waals surface area contributed by atoms with Crippen LogP contribution in [0.2, 0.25) is 0 Å². The maximum Gasteiger partial charge on any atom is 0.317 e. The Morgan fingerprint density at radius 1 is 0.893 bits per heavy atom. The Morgan fingerprint density at radius 2 is 1.54 bits per heavy atom. The Hall–Kier alpha value is -2.08. The fourth-order valence-electron chi connectivity index (χ4n) is 4.50. The summed E-state index contributed by atoms with van der Waals surface area (Å²) in [5.41, 5.74) is 1.91. The van der Waals surface area contributed by atoms with Crippen molar-refractivity contribution < 1.29 is 9.59 Å². The van der Waals surface area contributed by atoms with E-state index in [1.54, 1.807) is 6.92 Å². The van der Waals surface area contributed by atoms with Crippen LogP contribution in [0.1, 0.15) is 49.4 Å². The zero-order valence-electron chi connectivity index (χ0n) is 16.9. The van der Waals surface area contributed by atoms with Crippen LogP contribution in [0.3, 0.4) is 0 Å². The Kier molecular flexibility index (Phi) is 5.85. The molecule has 0 atom stereocenters. The van der Waals surface area contributed by atoms with Gasteiger partial charge in [0, 0.05) is 62.6 Å². The summed E-state index contributed by atoms with van der Waals surface area (Å²) in [6, 6.07) is 8.99. The molecule has 1 aromatic rings. The molecule has 6 heteroatoms. The average Bonchev–Trinajstić information content (AvgIpc) is 2.68. The number of rotatable bonds is 4. The molecule has 3 fully saturated rings. The third kappa shape index (κ3) is 4.32. The van der Waals surface area contributed by atoms with E-state index in [0.717, 1.165) is 69.4 Å². The number of anilines is 1. The molecule has 3 aliphatic rings. The second kappa shape index (κ2) is 8.52. The summed E-state index contributed by atoms with van der Waals surface area (Å²) in [5, 5.41) is 3.25. The normalized spacial score (nSPS) is 22.0. The number of carbonyl (C=O) groups is 2. The zero-order chi connectivity index (χ0) is 19.5. The molecule has 6 nitrogen and oxygen atoms in total. The van der Waals surface area contributed by atoms with Crippen molar-refractivity contribution >= 4 is 17.5 Å². The highest BCUT2D eigenvalue weighted by Crippen LogP contribution is 2.25. The molecule has 152 valence electrons. The molecule has 0 unspecified atom stereocenters. The van der Waals surface area contributed by atoms with Gasteiger partial charge in [-0.15, -0.1) is 0 Å². The average molecular weight is 385 g/mol. The van der Waals surface area contributed by atoms with E-state index in [1.807, 2.05) is 29.2 Å². The highest BCUT2D eigenvalue weighted by atomic mass is 16.2. The van der Waals surface area contributed by atoms with Gasteiger partial charge in [0.05, 0.1) is 0 Å². The summed E-state index contributed by atoms with van der Waals surface area (Å²) in [5.74, 6) is 0.0986. The minimum Gasteiger partial charge on any atom is -0.371 e. The SMILES string of the molecule is CC(=O)c1ccc(N2CCC(NC(=O)N3CCN(C4CCC4)CC3)CC2)cc1. The molecule has 2 aliphatic heterocycles. The molecule has 0 spiro atoms. The van der Waals surface area contributed by atoms with Gasteiger partial charge in [0.25, 0.3) is 0 Å². The van der Waals surface area contributed by atoms with Crippen molar-refractivity contribution in [3.8, 4) is 0 Å². The van der Waals surface area contributed by atoms with Crippen molar-refractivity contribution in [1.82, 2.24) is 15.1 Å². The van der Waals surface area contributed by atoms with Crippen LogP contribution in [-0.4, -0.2) is 73.0 Å². The number of hydrogen-bond donors (Lipinski definition) is 1. The first-order valence-corrected chi connectivity index (χ1v) is 10.8. The second-order valence-corrected chi connectivity index (χ2v) is 8.42. The van der Waals surface area contributed by atoms with E-state index in [2.05, 4.69) is 15.1 Å². The molecule has 0 bridgehead atoms. The second-order valence-electron chi connectivity index (χ2n) is 8.42. The molecule has 2 saturated heterocycles. The van der Waals surface area contributed by atoms with Crippen LogP contribution < -0.4 is 10.2 Å². The summed E-state index contributed by atoms with van der Waals surface area (Å²) in [7, 11) is 0. The lowest BCUT2D eigenvalue weighted by Crippen LogP contribution is -2.57. The molecule has 1 aromatic carbocycles. The fraction of sp³-hybridized carbons (Fsp3) is 0.636. The number of Topliss-reactive ketones (excluding diaryl/α,β-unsaturated/α-hetero) is 1. The Labute approximate surface area is 167 Å². The summed E-state index contributed by atoms with van der Waals surface area (Å²) in [4.78, 5) is 30.9. The lowest BCUT2D eigenvalue weighted by atomic mass is 9.91. The van der Waals surface area contributed by atoms with Crippen LogP contribution in [0, 0.1) is 0 Å². The van der Waals surface area contributed by atoms with Crippen LogP contribution >= 0.6 is 0 Å². The first kappa shape index (κ1) is 19.2. The number of piperidine rings is 1. The molecule has 2 amide bonds. The highest BCUT2D eigenvalue weighted by Gasteiger charge is 2.30. The van der Waals surface area contributed by atoms with Gasteiger partial charge in [0.15, 0.2) is 5.78 Å². The number of nitrogens with zero attached hydrogens (tertiary/aromatic N) is 3. The number of benzene rings is 1. The first-order chi connectivity index (χ1) is 13.6. The van der Waals surface area contributed by atoms with Crippen molar-refractivity contribution in [2.75, 3.05) is 44.2 Å². The van der Waals surface area contributed by atoms with Gasteiger partial charge in [-0.2, -0.15) is 0 Å².